The van der Waals surface area contributed by atoms with Crippen LogP contribution in [0.3, 0.4) is 0 Å². The summed E-state index contributed by atoms with van der Waals surface area (Å²) in [7, 11) is 0. The summed E-state index contributed by atoms with van der Waals surface area (Å²) < 4.78 is 0. The number of carbonyl (C=O) groups is 1. The van der Waals surface area contributed by atoms with Gasteiger partial charge < -0.3 is 20.2 Å². The highest BCUT2D eigenvalue weighted by atomic mass is 16.3. The Morgan fingerprint density at radius 1 is 1.17 bits per heavy atom. The van der Waals surface area contributed by atoms with Crippen LogP contribution in [0.4, 0.5) is 0 Å². The number of benzene rings is 1. The number of fused-ring (bicyclic) bond motifs is 1. The molecule has 41 heavy (non-hydrogen) atoms. The first-order valence-electron chi connectivity index (χ1n) is 16.1. The molecule has 0 spiro atoms. The van der Waals surface area contributed by atoms with Crippen molar-refractivity contribution >= 4 is 5.91 Å². The number of amides is 1. The maximum absolute atomic E-state index is 13.4. The van der Waals surface area contributed by atoms with E-state index < -0.39 is 17.8 Å². The third-order valence-corrected chi connectivity index (χ3v) is 11.4. The van der Waals surface area contributed by atoms with Crippen LogP contribution < -0.4 is 0 Å². The Morgan fingerprint density at radius 3 is 2.66 bits per heavy atom. The minimum absolute atomic E-state index is 0.0762. The molecule has 5 rings (SSSR count). The van der Waals surface area contributed by atoms with Crippen molar-refractivity contribution in [3.8, 4) is 0 Å². The summed E-state index contributed by atoms with van der Waals surface area (Å²) in [5.74, 6) is 1.50. The van der Waals surface area contributed by atoms with Gasteiger partial charge in [-0.3, -0.25) is 4.79 Å². The fourth-order valence-corrected chi connectivity index (χ4v) is 8.98. The Labute approximate surface area is 247 Å². The van der Waals surface area contributed by atoms with E-state index in [0.717, 1.165) is 30.4 Å². The largest absolute Gasteiger partial charge is 0.393 e. The number of aliphatic hydroxyl groups excluding tert-OH is 2. The highest BCUT2D eigenvalue weighted by Crippen LogP contribution is 2.60. The van der Waals surface area contributed by atoms with Crippen molar-refractivity contribution in [1.82, 2.24) is 4.90 Å². The van der Waals surface area contributed by atoms with Crippen LogP contribution in [0, 0.1) is 23.2 Å². The third kappa shape index (κ3) is 6.00. The first-order chi connectivity index (χ1) is 19.6. The zero-order valence-corrected chi connectivity index (χ0v) is 25.4. The number of rotatable bonds is 8. The molecule has 0 bridgehead atoms. The Kier molecular flexibility index (Phi) is 8.99. The molecule has 5 heteroatoms. The molecule has 0 radical (unpaired) electrons. The molecular weight excluding hydrogens is 510 g/mol. The van der Waals surface area contributed by atoms with Crippen LogP contribution in [-0.2, 0) is 11.2 Å². The fraction of sp³-hybridized carbons (Fsp3) is 0.639. The highest BCUT2D eigenvalue weighted by molar-refractivity contribution is 5.87. The molecule has 8 atom stereocenters. The van der Waals surface area contributed by atoms with Gasteiger partial charge in [-0.15, -0.1) is 0 Å². The quantitative estimate of drug-likeness (QED) is 0.356. The molecule has 0 aromatic heterocycles. The Balaban J connectivity index is 1.30. The van der Waals surface area contributed by atoms with Crippen molar-refractivity contribution in [2.45, 2.75) is 115 Å². The number of hydrogen-bond acceptors (Lipinski definition) is 4. The van der Waals surface area contributed by atoms with E-state index in [1.54, 1.807) is 0 Å². The van der Waals surface area contributed by atoms with Crippen molar-refractivity contribution in [3.63, 3.8) is 0 Å². The zero-order chi connectivity index (χ0) is 29.4. The molecule has 4 fully saturated rings. The molecule has 1 heterocycles. The minimum Gasteiger partial charge on any atom is -0.393 e. The number of aliphatic hydroxyl groups is 3. The Bertz CT molecular complexity index is 1170. The molecule has 1 aromatic rings. The highest BCUT2D eigenvalue weighted by Gasteiger charge is 2.53. The second-order valence-corrected chi connectivity index (χ2v) is 13.9. The zero-order valence-electron chi connectivity index (χ0n) is 25.4. The van der Waals surface area contributed by atoms with Crippen molar-refractivity contribution in [2.24, 2.45) is 23.2 Å². The van der Waals surface area contributed by atoms with Gasteiger partial charge in [-0.25, -0.2) is 0 Å². The maximum Gasteiger partial charge on any atom is 0.254 e. The molecule has 4 aliphatic rings. The summed E-state index contributed by atoms with van der Waals surface area (Å²) >= 11 is 0. The summed E-state index contributed by atoms with van der Waals surface area (Å²) in [6.07, 6.45) is 12.8. The van der Waals surface area contributed by atoms with Gasteiger partial charge in [0.2, 0.25) is 0 Å². The summed E-state index contributed by atoms with van der Waals surface area (Å²) in [5.41, 5.74) is 3.44. The van der Waals surface area contributed by atoms with Crippen LogP contribution in [0.15, 0.2) is 65.8 Å². The monoisotopic (exact) mass is 561 g/mol. The lowest BCUT2D eigenvalue weighted by molar-refractivity contribution is -0.144. The Morgan fingerprint density at radius 2 is 1.93 bits per heavy atom. The first kappa shape index (κ1) is 30.3. The number of nitrogens with zero attached hydrogens (tertiary/aromatic N) is 1. The lowest BCUT2D eigenvalue weighted by atomic mass is 9.60. The van der Waals surface area contributed by atoms with Gasteiger partial charge in [0.25, 0.3) is 5.91 Å². The molecule has 224 valence electrons. The topological polar surface area (TPSA) is 81.0 Å². The van der Waals surface area contributed by atoms with E-state index in [9.17, 15) is 20.1 Å². The molecule has 1 aliphatic heterocycles. The maximum atomic E-state index is 13.4. The molecule has 1 saturated heterocycles. The SMILES string of the molecule is C=C1/C(=C\C=C2/CCC[C@]3(C)[C@@H]([C@H](C)C[C@@H]4C[C@](O)(CC)C(=O)N4CCc4ccccc4)CC[C@@H]23)C[C@@H](O)C[C@@H]1O. The summed E-state index contributed by atoms with van der Waals surface area (Å²) in [5, 5.41) is 31.7. The van der Waals surface area contributed by atoms with E-state index in [4.69, 9.17) is 0 Å². The second-order valence-electron chi connectivity index (χ2n) is 13.9. The molecule has 1 aromatic carbocycles. The molecule has 1 amide bonds. The molecular formula is C36H51NO4. The predicted octanol–water partition coefficient (Wildman–Crippen LogP) is 6.14. The first-order valence-corrected chi connectivity index (χ1v) is 16.1. The average Bonchev–Trinajstić information content (AvgIpc) is 3.43. The standard InChI is InChI=1S/C36H51NO4/c1-5-36(41)23-29(37(34(36)40)19-17-26-10-7-6-8-11-26)20-24(2)31-15-16-32-27(12-9-18-35(31,32)4)13-14-28-21-30(38)22-33(39)25(28)3/h6-8,10-11,13-14,24,29-33,38-39,41H,3,5,9,12,15-23H2,1-2,4H3/b27-13+,28-14-/t24-,29-,30-,31-,32+,33+,35-,36-/m1/s1. The second kappa shape index (κ2) is 12.2. The lowest BCUT2D eigenvalue weighted by Crippen LogP contribution is -2.42. The molecule has 3 N–H and O–H groups in total. The van der Waals surface area contributed by atoms with E-state index in [1.807, 2.05) is 30.0 Å². The lowest BCUT2D eigenvalue weighted by Gasteiger charge is -2.45. The van der Waals surface area contributed by atoms with Crippen LogP contribution in [0.1, 0.15) is 90.5 Å². The normalized spacial score (nSPS) is 38.6. The Hall–Kier alpha value is -2.21. The molecule has 3 aliphatic carbocycles. The van der Waals surface area contributed by atoms with Gasteiger partial charge in [0.1, 0.15) is 5.60 Å². The summed E-state index contributed by atoms with van der Waals surface area (Å²) in [6, 6.07) is 10.4. The summed E-state index contributed by atoms with van der Waals surface area (Å²) in [4.78, 5) is 15.4. The van der Waals surface area contributed by atoms with Crippen LogP contribution in [-0.4, -0.2) is 56.5 Å². The van der Waals surface area contributed by atoms with E-state index in [2.05, 4.69) is 44.7 Å². The predicted molar refractivity (Wildman–Crippen MR) is 164 cm³/mol. The van der Waals surface area contributed by atoms with Gasteiger partial charge >= 0.3 is 0 Å². The van der Waals surface area contributed by atoms with E-state index in [1.165, 1.54) is 36.8 Å². The van der Waals surface area contributed by atoms with Gasteiger partial charge in [0.05, 0.1) is 12.2 Å². The minimum atomic E-state index is -1.23. The van der Waals surface area contributed by atoms with Gasteiger partial charge in [-0.05, 0) is 97.7 Å². The number of hydrogen-bond donors (Lipinski definition) is 3. The third-order valence-electron chi connectivity index (χ3n) is 11.4. The van der Waals surface area contributed by atoms with Gasteiger partial charge in [-0.1, -0.05) is 75.4 Å². The van der Waals surface area contributed by atoms with Crippen LogP contribution in [0.2, 0.25) is 0 Å². The fourth-order valence-electron chi connectivity index (χ4n) is 8.98. The number of carbonyl (C=O) groups excluding carboxylic acids is 1. The molecule has 3 saturated carbocycles. The number of allylic oxidation sites excluding steroid dienone is 3. The van der Waals surface area contributed by atoms with E-state index >= 15 is 0 Å². The van der Waals surface area contributed by atoms with Crippen molar-refractivity contribution in [2.75, 3.05) is 6.54 Å². The molecule has 5 nitrogen and oxygen atoms in total. The van der Waals surface area contributed by atoms with Crippen molar-refractivity contribution in [1.29, 1.82) is 0 Å². The van der Waals surface area contributed by atoms with Gasteiger partial charge in [0, 0.05) is 25.4 Å². The average molecular weight is 562 g/mol. The van der Waals surface area contributed by atoms with Crippen molar-refractivity contribution < 1.29 is 20.1 Å². The van der Waals surface area contributed by atoms with E-state index in [-0.39, 0.29) is 17.4 Å². The van der Waals surface area contributed by atoms with Gasteiger partial charge in [-0.2, -0.15) is 0 Å². The smallest absolute Gasteiger partial charge is 0.254 e. The van der Waals surface area contributed by atoms with E-state index in [0.29, 0.717) is 50.0 Å². The van der Waals surface area contributed by atoms with Crippen LogP contribution in [0.25, 0.3) is 0 Å². The van der Waals surface area contributed by atoms with Crippen LogP contribution in [0.5, 0.6) is 0 Å². The van der Waals surface area contributed by atoms with Gasteiger partial charge in [0.15, 0.2) is 0 Å². The number of likely N-dealkylation sites (tertiary alicyclic amines) is 1. The molecule has 0 unspecified atom stereocenters. The van der Waals surface area contributed by atoms with Crippen LogP contribution >= 0.6 is 0 Å². The van der Waals surface area contributed by atoms with Crippen molar-refractivity contribution in [3.05, 3.63) is 71.3 Å². The summed E-state index contributed by atoms with van der Waals surface area (Å²) in [6.45, 7) is 11.6.